The quantitative estimate of drug-likeness (QED) is 0.345. The van der Waals surface area contributed by atoms with Gasteiger partial charge in [-0.05, 0) is 12.8 Å². The second kappa shape index (κ2) is 15.9. The van der Waals surface area contributed by atoms with Crippen molar-refractivity contribution in [2.24, 2.45) is 0 Å². The number of carbonyl (C=O) groups excluding carboxylic acids is 1. The summed E-state index contributed by atoms with van der Waals surface area (Å²) >= 11 is 0. The normalized spacial score (nSPS) is 11.6. The van der Waals surface area contributed by atoms with Gasteiger partial charge in [-0.1, -0.05) is 58.3 Å². The van der Waals surface area contributed by atoms with E-state index in [0.717, 1.165) is 13.0 Å². The summed E-state index contributed by atoms with van der Waals surface area (Å²) in [4.78, 5) is 20.6. The van der Waals surface area contributed by atoms with Crippen LogP contribution in [-0.4, -0.2) is 80.9 Å². The summed E-state index contributed by atoms with van der Waals surface area (Å²) in [5.74, 6) is -1.70. The average molecular weight is 390 g/mol. The van der Waals surface area contributed by atoms with E-state index in [2.05, 4.69) is 6.92 Å². The molecule has 6 heteroatoms. The number of carboxylic acids is 2. The second-order valence-corrected chi connectivity index (χ2v) is 9.21. The zero-order chi connectivity index (χ0) is 21.3. The predicted molar refractivity (Wildman–Crippen MR) is 109 cm³/mol. The molecule has 0 atom stereocenters. The molecule has 0 aromatic heterocycles. The lowest BCUT2D eigenvalue weighted by atomic mass is 10.1. The van der Waals surface area contributed by atoms with Gasteiger partial charge in [-0.25, -0.2) is 4.79 Å². The van der Waals surface area contributed by atoms with Crippen LogP contribution >= 0.6 is 0 Å². The molecule has 0 radical (unpaired) electrons. The molecule has 0 rings (SSSR count). The summed E-state index contributed by atoms with van der Waals surface area (Å²) in [6.07, 6.45) is 13.3. The number of hydrogen-bond acceptors (Lipinski definition) is 3. The molecule has 0 heterocycles. The maximum atomic E-state index is 10.7. The van der Waals surface area contributed by atoms with Crippen LogP contribution < -0.4 is 5.11 Å². The third-order valence-corrected chi connectivity index (χ3v) is 4.28. The fraction of sp³-hybridized carbons (Fsp3) is 0.905. The molecule has 27 heavy (non-hydrogen) atoms. The Bertz CT molecular complexity index is 390. The number of aliphatic carboxylic acids is 2. The van der Waals surface area contributed by atoms with E-state index < -0.39 is 11.9 Å². The molecule has 0 unspecified atom stereocenters. The molecule has 0 aliphatic rings. The first-order valence-electron chi connectivity index (χ1n) is 10.4. The van der Waals surface area contributed by atoms with E-state index in [0.29, 0.717) is 8.97 Å². The smallest absolute Gasteiger partial charge is 0.359 e. The molecule has 162 valence electrons. The molecule has 0 saturated carbocycles. The van der Waals surface area contributed by atoms with Gasteiger partial charge in [0.25, 0.3) is 0 Å². The van der Waals surface area contributed by atoms with Gasteiger partial charge in [0.2, 0.25) is 0 Å². The highest BCUT2D eigenvalue weighted by Crippen LogP contribution is 2.11. The van der Waals surface area contributed by atoms with Crippen LogP contribution in [0, 0.1) is 0 Å². The molecule has 0 bridgehead atoms. The number of nitrogens with zero attached hydrogens (tertiary/aromatic N) is 2. The largest absolute Gasteiger partial charge is 0.544 e. The summed E-state index contributed by atoms with van der Waals surface area (Å²) < 4.78 is 1.02. The Morgan fingerprint density at radius 3 is 1.44 bits per heavy atom. The third-order valence-electron chi connectivity index (χ3n) is 4.28. The minimum absolute atomic E-state index is 0.0694. The van der Waals surface area contributed by atoms with Crippen LogP contribution in [0.25, 0.3) is 0 Å². The summed E-state index contributed by atoms with van der Waals surface area (Å²) in [5, 5.41) is 18.7. The molecule has 0 aromatic rings. The monoisotopic (exact) mass is 389 g/mol. The molecule has 0 aromatic carbocycles. The first kappa shape index (κ1) is 28.1. The van der Waals surface area contributed by atoms with Gasteiger partial charge in [-0.15, -0.1) is 0 Å². The first-order valence-corrected chi connectivity index (χ1v) is 10.4. The van der Waals surface area contributed by atoms with Gasteiger partial charge in [0.05, 0.1) is 47.8 Å². The zero-order valence-electron chi connectivity index (χ0n) is 18.8. The zero-order valence-corrected chi connectivity index (χ0v) is 18.8. The number of carboxylic acid groups (broad SMARTS) is 2. The van der Waals surface area contributed by atoms with Crippen molar-refractivity contribution in [2.75, 3.05) is 54.9 Å². The van der Waals surface area contributed by atoms with Gasteiger partial charge in [0, 0.05) is 0 Å². The maximum Gasteiger partial charge on any atom is 0.359 e. The van der Waals surface area contributed by atoms with Gasteiger partial charge in [-0.3, -0.25) is 0 Å². The number of carbonyl (C=O) groups is 2. The fourth-order valence-electron chi connectivity index (χ4n) is 2.86. The first-order chi connectivity index (χ1) is 12.4. The van der Waals surface area contributed by atoms with Crippen LogP contribution in [0.5, 0.6) is 0 Å². The Kier molecular flexibility index (Phi) is 16.5. The van der Waals surface area contributed by atoms with Crippen LogP contribution in [0.1, 0.15) is 71.1 Å². The summed E-state index contributed by atoms with van der Waals surface area (Å²) in [6, 6.07) is 0. The van der Waals surface area contributed by atoms with Crippen molar-refractivity contribution in [2.45, 2.75) is 71.1 Å². The molecule has 0 aliphatic heterocycles. The summed E-state index contributed by atoms with van der Waals surface area (Å²) in [7, 11) is 9.41. The van der Waals surface area contributed by atoms with E-state index in [1.807, 2.05) is 14.1 Å². The topological polar surface area (TPSA) is 77.4 Å². The standard InChI is InChI=1S/C16H33NO2.C5H11NO2/c1-4-5-6-7-8-9-10-11-12-13-14-17(2,3)15-16(18)19;1-6(2,3)4-5(7)8/h4-15H2,1-3H3;4H2,1-3H3/p+1. The highest BCUT2D eigenvalue weighted by atomic mass is 16.4. The molecule has 0 aliphatic carbocycles. The number of likely N-dealkylation sites (N-methyl/N-ethyl adjacent to an activating group) is 2. The average Bonchev–Trinajstić information content (AvgIpc) is 2.46. The van der Waals surface area contributed by atoms with Gasteiger partial charge in [-0.2, -0.15) is 0 Å². The van der Waals surface area contributed by atoms with E-state index in [9.17, 15) is 14.7 Å². The summed E-state index contributed by atoms with van der Waals surface area (Å²) in [6.45, 7) is 3.53. The van der Waals surface area contributed by atoms with E-state index >= 15 is 0 Å². The van der Waals surface area contributed by atoms with E-state index in [4.69, 9.17) is 5.11 Å². The van der Waals surface area contributed by atoms with Gasteiger partial charge in [0.1, 0.15) is 6.54 Å². The van der Waals surface area contributed by atoms with E-state index in [1.54, 1.807) is 21.1 Å². The lowest BCUT2D eigenvalue weighted by Crippen LogP contribution is -2.45. The molecular weight excluding hydrogens is 344 g/mol. The molecular formula is C21H45N2O4+. The number of hydrogen-bond donors (Lipinski definition) is 1. The Morgan fingerprint density at radius 1 is 0.741 bits per heavy atom. The Hall–Kier alpha value is -1.14. The molecule has 6 nitrogen and oxygen atoms in total. The highest BCUT2D eigenvalue weighted by molar-refractivity contribution is 5.67. The second-order valence-electron chi connectivity index (χ2n) is 9.21. The SMILES string of the molecule is CCCCCCCCCCCC[N+](C)(C)CC(=O)O.C[N+](C)(C)CC(=O)[O-]. The van der Waals surface area contributed by atoms with Crippen molar-refractivity contribution in [3.05, 3.63) is 0 Å². The number of unbranched alkanes of at least 4 members (excludes halogenated alkanes) is 9. The summed E-state index contributed by atoms with van der Waals surface area (Å²) in [5.41, 5.74) is 0. The van der Waals surface area contributed by atoms with Crippen LogP contribution in [-0.2, 0) is 9.59 Å². The van der Waals surface area contributed by atoms with Crippen molar-refractivity contribution >= 4 is 11.9 Å². The Balaban J connectivity index is 0. The van der Waals surface area contributed by atoms with Crippen LogP contribution in [0.4, 0.5) is 0 Å². The highest BCUT2D eigenvalue weighted by Gasteiger charge is 2.18. The fourth-order valence-corrected chi connectivity index (χ4v) is 2.86. The molecule has 0 amide bonds. The molecule has 0 fully saturated rings. The van der Waals surface area contributed by atoms with Crippen LogP contribution in [0.2, 0.25) is 0 Å². The van der Waals surface area contributed by atoms with E-state index in [-0.39, 0.29) is 13.1 Å². The van der Waals surface area contributed by atoms with Crippen molar-refractivity contribution in [3.8, 4) is 0 Å². The van der Waals surface area contributed by atoms with Crippen molar-refractivity contribution < 1.29 is 28.8 Å². The molecule has 1 N–H and O–H groups in total. The number of quaternary nitrogens is 2. The van der Waals surface area contributed by atoms with Crippen molar-refractivity contribution in [1.82, 2.24) is 0 Å². The minimum Gasteiger partial charge on any atom is -0.544 e. The Labute approximate surface area is 167 Å². The maximum absolute atomic E-state index is 10.7. The van der Waals surface area contributed by atoms with Crippen molar-refractivity contribution in [3.63, 3.8) is 0 Å². The predicted octanol–water partition coefficient (Wildman–Crippen LogP) is 2.51. The Morgan fingerprint density at radius 2 is 1.15 bits per heavy atom. The minimum atomic E-state index is -1.00. The molecule has 0 spiro atoms. The van der Waals surface area contributed by atoms with Crippen LogP contribution in [0.15, 0.2) is 0 Å². The van der Waals surface area contributed by atoms with E-state index in [1.165, 1.54) is 57.8 Å². The molecule has 0 saturated heterocycles. The van der Waals surface area contributed by atoms with Gasteiger partial charge >= 0.3 is 5.97 Å². The van der Waals surface area contributed by atoms with Gasteiger partial charge < -0.3 is 24.0 Å². The third kappa shape index (κ3) is 27.2. The van der Waals surface area contributed by atoms with Gasteiger partial charge in [0.15, 0.2) is 6.54 Å². The lowest BCUT2D eigenvalue weighted by molar-refractivity contribution is -0.883. The lowest BCUT2D eigenvalue weighted by Gasteiger charge is -2.27. The van der Waals surface area contributed by atoms with Crippen LogP contribution in [0.3, 0.4) is 0 Å². The number of rotatable bonds is 15. The van der Waals surface area contributed by atoms with Crippen molar-refractivity contribution in [1.29, 1.82) is 0 Å².